The van der Waals surface area contributed by atoms with Gasteiger partial charge in [-0.3, -0.25) is 9.78 Å². The lowest BCUT2D eigenvalue weighted by molar-refractivity contribution is -0.0176. The van der Waals surface area contributed by atoms with Gasteiger partial charge in [0.05, 0.1) is 11.1 Å². The number of hydrogen-bond donors (Lipinski definition) is 0. The molecule has 27 heavy (non-hydrogen) atoms. The van der Waals surface area contributed by atoms with E-state index in [4.69, 9.17) is 4.74 Å². The Bertz CT molecular complexity index is 1040. The van der Waals surface area contributed by atoms with E-state index >= 15 is 0 Å². The minimum Gasteiger partial charge on any atom is -0.367 e. The molecule has 0 aliphatic carbocycles. The van der Waals surface area contributed by atoms with Gasteiger partial charge in [0.2, 0.25) is 5.78 Å². The molecule has 0 bridgehead atoms. The largest absolute Gasteiger partial charge is 0.367 e. The molecule has 8 heteroatoms. The monoisotopic (exact) mass is 383 g/mol. The van der Waals surface area contributed by atoms with Crippen LogP contribution >= 0.6 is 11.8 Å². The summed E-state index contributed by atoms with van der Waals surface area (Å²) in [5.41, 5.74) is 1.92. The molecule has 3 aromatic rings. The van der Waals surface area contributed by atoms with E-state index in [1.165, 1.54) is 11.8 Å². The van der Waals surface area contributed by atoms with Gasteiger partial charge in [-0.25, -0.2) is 9.38 Å². The van der Waals surface area contributed by atoms with Gasteiger partial charge in [0.15, 0.2) is 0 Å². The molecule has 1 fully saturated rings. The zero-order chi connectivity index (χ0) is 19.0. The minimum atomic E-state index is -0.122. The van der Waals surface area contributed by atoms with Crippen LogP contribution in [0.4, 0.5) is 5.82 Å². The molecule has 7 nitrogen and oxygen atoms in total. The highest BCUT2D eigenvalue weighted by Gasteiger charge is 2.28. The van der Waals surface area contributed by atoms with Gasteiger partial charge in [-0.05, 0) is 43.9 Å². The number of pyridine rings is 1. The summed E-state index contributed by atoms with van der Waals surface area (Å²) in [6.45, 7) is 5.30. The zero-order valence-corrected chi connectivity index (χ0v) is 16.3. The van der Waals surface area contributed by atoms with Crippen LogP contribution in [0.3, 0.4) is 0 Å². The topological polar surface area (TPSA) is 72.6 Å². The van der Waals surface area contributed by atoms with Crippen molar-refractivity contribution in [2.75, 3.05) is 24.2 Å². The number of anilines is 1. The molecule has 0 saturated carbocycles. The summed E-state index contributed by atoms with van der Waals surface area (Å²) in [6, 6.07) is 7.42. The lowest BCUT2D eigenvalue weighted by atomic mass is 10.1. The first-order valence-electron chi connectivity index (χ1n) is 8.81. The first-order chi connectivity index (χ1) is 13.0. The molecule has 0 radical (unpaired) electrons. The smallest absolute Gasteiger partial charge is 0.262 e. The molecular formula is C19H21N5O2S. The molecule has 4 heterocycles. The minimum absolute atomic E-state index is 0.0166. The number of fused-ring (bicyclic) bond motifs is 1. The number of hydrogen-bond acceptors (Lipinski definition) is 7. The summed E-state index contributed by atoms with van der Waals surface area (Å²) in [7, 11) is 0. The predicted molar refractivity (Wildman–Crippen MR) is 106 cm³/mol. The summed E-state index contributed by atoms with van der Waals surface area (Å²) < 4.78 is 7.68. The molecule has 3 aromatic heterocycles. The molecule has 2 atom stereocenters. The Kier molecular flexibility index (Phi) is 4.84. The number of morpholine rings is 1. The highest BCUT2D eigenvalue weighted by molar-refractivity contribution is 7.98. The van der Waals surface area contributed by atoms with E-state index in [1.807, 2.05) is 38.3 Å². The van der Waals surface area contributed by atoms with Crippen molar-refractivity contribution in [3.8, 4) is 0 Å². The van der Waals surface area contributed by atoms with Crippen molar-refractivity contribution >= 4 is 23.4 Å². The standard InChI is InChI=1S/C19H21N5O2S/c1-12-8-14(4-6-20-12)15-11-23(10-13(2)26-15)16-9-17(25)24-18(27-3)5-7-21-19(24)22-16/h4-9,13,15H,10-11H2,1-3H3. The van der Waals surface area contributed by atoms with E-state index in [9.17, 15) is 4.79 Å². The normalized spacial score (nSPS) is 20.2. The molecule has 1 saturated heterocycles. The van der Waals surface area contributed by atoms with Gasteiger partial charge >= 0.3 is 0 Å². The average molecular weight is 383 g/mol. The fraction of sp³-hybridized carbons (Fsp3) is 0.368. The van der Waals surface area contributed by atoms with Crippen LogP contribution < -0.4 is 10.5 Å². The highest BCUT2D eigenvalue weighted by Crippen LogP contribution is 2.28. The van der Waals surface area contributed by atoms with Crippen LogP contribution in [-0.2, 0) is 4.74 Å². The second-order valence-electron chi connectivity index (χ2n) is 6.65. The lowest BCUT2D eigenvalue weighted by Gasteiger charge is -2.37. The Morgan fingerprint density at radius 1 is 1.19 bits per heavy atom. The van der Waals surface area contributed by atoms with Crippen LogP contribution in [0.2, 0.25) is 0 Å². The zero-order valence-electron chi connectivity index (χ0n) is 15.5. The van der Waals surface area contributed by atoms with Crippen molar-refractivity contribution < 1.29 is 4.74 Å². The van der Waals surface area contributed by atoms with E-state index < -0.39 is 0 Å². The first kappa shape index (κ1) is 17.9. The summed E-state index contributed by atoms with van der Waals surface area (Å²) in [5, 5.41) is 0.824. The molecular weight excluding hydrogens is 362 g/mol. The third-order valence-corrected chi connectivity index (χ3v) is 5.34. The van der Waals surface area contributed by atoms with Gasteiger partial charge < -0.3 is 9.64 Å². The number of aromatic nitrogens is 4. The van der Waals surface area contributed by atoms with Gasteiger partial charge in [0.1, 0.15) is 11.9 Å². The predicted octanol–water partition coefficient (Wildman–Crippen LogP) is 2.48. The van der Waals surface area contributed by atoms with Crippen LogP contribution in [0.15, 0.2) is 46.5 Å². The molecule has 140 valence electrons. The lowest BCUT2D eigenvalue weighted by Crippen LogP contribution is -2.43. The second kappa shape index (κ2) is 7.28. The van der Waals surface area contributed by atoms with E-state index in [0.717, 1.165) is 16.3 Å². The number of ether oxygens (including phenoxy) is 1. The Hall–Kier alpha value is -2.45. The fourth-order valence-corrected chi connectivity index (χ4v) is 3.96. The summed E-state index contributed by atoms with van der Waals surface area (Å²) in [4.78, 5) is 28.0. The molecule has 0 amide bonds. The van der Waals surface area contributed by atoms with Crippen LogP contribution in [0.1, 0.15) is 24.3 Å². The van der Waals surface area contributed by atoms with Crippen LogP contribution in [-0.4, -0.2) is 44.8 Å². The van der Waals surface area contributed by atoms with E-state index in [0.29, 0.717) is 24.7 Å². The number of nitrogens with zero attached hydrogens (tertiary/aromatic N) is 5. The van der Waals surface area contributed by atoms with E-state index in [2.05, 4.69) is 19.9 Å². The van der Waals surface area contributed by atoms with Crippen molar-refractivity contribution in [2.45, 2.75) is 31.1 Å². The highest BCUT2D eigenvalue weighted by atomic mass is 32.2. The maximum absolute atomic E-state index is 12.7. The quantitative estimate of drug-likeness (QED) is 0.508. The first-order valence-corrected chi connectivity index (χ1v) is 10.0. The van der Waals surface area contributed by atoms with Gasteiger partial charge in [-0.2, -0.15) is 4.98 Å². The van der Waals surface area contributed by atoms with Crippen molar-refractivity contribution in [3.05, 3.63) is 58.3 Å². The van der Waals surface area contributed by atoms with Gasteiger partial charge in [-0.15, -0.1) is 11.8 Å². The second-order valence-corrected chi connectivity index (χ2v) is 7.47. The summed E-state index contributed by atoms with van der Waals surface area (Å²) in [5.74, 6) is 1.05. The maximum atomic E-state index is 12.7. The van der Waals surface area contributed by atoms with Crippen molar-refractivity contribution in [1.82, 2.24) is 19.4 Å². The van der Waals surface area contributed by atoms with Gasteiger partial charge in [-0.1, -0.05) is 0 Å². The van der Waals surface area contributed by atoms with Crippen molar-refractivity contribution in [1.29, 1.82) is 0 Å². The SMILES string of the molecule is CSc1ccnc2nc(N3CC(C)OC(c4ccnc(C)c4)C3)cc(=O)n12. The van der Waals surface area contributed by atoms with Crippen LogP contribution in [0.25, 0.3) is 5.78 Å². The third-order valence-electron chi connectivity index (χ3n) is 4.60. The molecule has 4 rings (SSSR count). The Balaban J connectivity index is 1.71. The molecule has 1 aliphatic rings. The molecule has 2 unspecified atom stereocenters. The fourth-order valence-electron chi connectivity index (χ4n) is 3.41. The summed E-state index contributed by atoms with van der Waals surface area (Å²) >= 11 is 1.50. The Labute approximate surface area is 161 Å². The maximum Gasteiger partial charge on any atom is 0.262 e. The number of aryl methyl sites for hydroxylation is 1. The van der Waals surface area contributed by atoms with Crippen LogP contribution in [0.5, 0.6) is 0 Å². The van der Waals surface area contributed by atoms with Gasteiger partial charge in [0.25, 0.3) is 5.56 Å². The Morgan fingerprint density at radius 3 is 2.78 bits per heavy atom. The third kappa shape index (κ3) is 3.54. The van der Waals surface area contributed by atoms with E-state index in [-0.39, 0.29) is 17.8 Å². The summed E-state index contributed by atoms with van der Waals surface area (Å²) in [6.07, 6.45) is 5.33. The number of thioether (sulfide) groups is 1. The van der Waals surface area contributed by atoms with Crippen molar-refractivity contribution in [2.24, 2.45) is 0 Å². The van der Waals surface area contributed by atoms with Crippen molar-refractivity contribution in [3.63, 3.8) is 0 Å². The molecule has 0 spiro atoms. The molecule has 1 aliphatic heterocycles. The Morgan fingerprint density at radius 2 is 2.00 bits per heavy atom. The number of rotatable bonds is 3. The molecule has 0 aromatic carbocycles. The van der Waals surface area contributed by atoms with Crippen LogP contribution in [0, 0.1) is 6.92 Å². The average Bonchev–Trinajstić information content (AvgIpc) is 2.67. The van der Waals surface area contributed by atoms with Gasteiger partial charge in [0, 0.05) is 37.2 Å². The molecule has 0 N–H and O–H groups in total. The van der Waals surface area contributed by atoms with E-state index in [1.54, 1.807) is 22.9 Å².